The maximum Gasteiger partial charge on any atom is 0.326 e. The Kier molecular flexibility index (Phi) is 5.82. The van der Waals surface area contributed by atoms with E-state index < -0.39 is 42.5 Å². The number of amides is 4. The second kappa shape index (κ2) is 8.31. The van der Waals surface area contributed by atoms with Crippen LogP contribution in [0, 0.1) is 17.2 Å². The van der Waals surface area contributed by atoms with E-state index in [9.17, 15) is 19.2 Å². The lowest BCUT2D eigenvalue weighted by atomic mass is 9.73. The lowest BCUT2D eigenvalue weighted by Crippen LogP contribution is -2.54. The third kappa shape index (κ3) is 4.21. The van der Waals surface area contributed by atoms with Crippen LogP contribution >= 0.6 is 0 Å². The third-order valence-electron chi connectivity index (χ3n) is 5.45. The van der Waals surface area contributed by atoms with Crippen LogP contribution in [-0.4, -0.2) is 47.4 Å². The molecule has 4 amide bonds. The Morgan fingerprint density at radius 3 is 2.69 bits per heavy atom. The average Bonchev–Trinajstić information content (AvgIpc) is 2.94. The minimum atomic E-state index is -0.942. The van der Waals surface area contributed by atoms with Crippen LogP contribution in [0.1, 0.15) is 38.2 Å². The first-order valence-corrected chi connectivity index (χ1v) is 9.45. The molecule has 1 aliphatic carbocycles. The molecule has 1 saturated carbocycles. The molecule has 0 aromatic heterocycles. The number of esters is 1. The maximum absolute atomic E-state index is 12.8. The number of nitrogens with one attached hydrogen (secondary N) is 2. The van der Waals surface area contributed by atoms with Gasteiger partial charge in [-0.25, -0.2) is 4.79 Å². The molecule has 1 saturated heterocycles. The molecule has 152 valence electrons. The fourth-order valence-corrected chi connectivity index (χ4v) is 3.78. The van der Waals surface area contributed by atoms with Crippen LogP contribution in [-0.2, 0) is 19.1 Å². The SMILES string of the molecule is C[C@@H]1CCCC[C@@]12NC(=O)N(CC(=O)OCC(=O)Nc1ccc(C#N)cc1)C2=O. The molecule has 1 heterocycles. The van der Waals surface area contributed by atoms with Gasteiger partial charge in [0.15, 0.2) is 6.61 Å². The first-order valence-electron chi connectivity index (χ1n) is 9.45. The molecule has 29 heavy (non-hydrogen) atoms. The van der Waals surface area contributed by atoms with Crippen molar-refractivity contribution in [2.24, 2.45) is 5.92 Å². The predicted molar refractivity (Wildman–Crippen MR) is 101 cm³/mol. The van der Waals surface area contributed by atoms with Gasteiger partial charge in [-0.15, -0.1) is 0 Å². The summed E-state index contributed by atoms with van der Waals surface area (Å²) in [5.41, 5.74) is -0.0387. The molecule has 9 nitrogen and oxygen atoms in total. The van der Waals surface area contributed by atoms with Crippen LogP contribution in [0.4, 0.5) is 10.5 Å². The average molecular weight is 398 g/mol. The van der Waals surface area contributed by atoms with E-state index in [1.165, 1.54) is 0 Å². The Balaban J connectivity index is 1.51. The van der Waals surface area contributed by atoms with Gasteiger partial charge in [-0.05, 0) is 43.0 Å². The molecule has 0 radical (unpaired) electrons. The molecule has 2 atom stereocenters. The highest BCUT2D eigenvalue weighted by Gasteiger charge is 2.55. The summed E-state index contributed by atoms with van der Waals surface area (Å²) in [5.74, 6) is -1.83. The number of imide groups is 1. The number of rotatable bonds is 5. The highest BCUT2D eigenvalue weighted by atomic mass is 16.5. The molecule has 9 heteroatoms. The van der Waals surface area contributed by atoms with E-state index in [1.54, 1.807) is 24.3 Å². The standard InChI is InChI=1S/C20H22N4O5/c1-13-4-2-3-9-20(13)18(27)24(19(28)23-20)11-17(26)29-12-16(25)22-15-7-5-14(10-21)6-8-15/h5-8,13H,2-4,9,11-12H2,1H3,(H,22,25)(H,23,28)/t13-,20-/m1/s1. The summed E-state index contributed by atoms with van der Waals surface area (Å²) in [4.78, 5) is 49.9. The smallest absolute Gasteiger partial charge is 0.326 e. The van der Waals surface area contributed by atoms with Gasteiger partial charge in [-0.2, -0.15) is 5.26 Å². The van der Waals surface area contributed by atoms with Crippen LogP contribution in [0.25, 0.3) is 0 Å². The second-order valence-corrected chi connectivity index (χ2v) is 7.34. The van der Waals surface area contributed by atoms with Crippen molar-refractivity contribution in [3.63, 3.8) is 0 Å². The molecule has 1 aromatic carbocycles. The summed E-state index contributed by atoms with van der Waals surface area (Å²) in [7, 11) is 0. The van der Waals surface area contributed by atoms with Gasteiger partial charge in [0.05, 0.1) is 11.6 Å². The molecular formula is C20H22N4O5. The Labute approximate surface area is 168 Å². The van der Waals surface area contributed by atoms with Crippen LogP contribution in [0.3, 0.4) is 0 Å². The van der Waals surface area contributed by atoms with E-state index in [4.69, 9.17) is 10.00 Å². The number of hydrogen-bond acceptors (Lipinski definition) is 6. The highest BCUT2D eigenvalue weighted by Crippen LogP contribution is 2.38. The zero-order valence-corrected chi connectivity index (χ0v) is 16.1. The molecule has 1 spiro atoms. The number of carbonyl (C=O) groups excluding carboxylic acids is 4. The maximum atomic E-state index is 12.8. The van der Waals surface area contributed by atoms with E-state index in [0.717, 1.165) is 24.2 Å². The van der Waals surface area contributed by atoms with Crippen molar-refractivity contribution in [2.75, 3.05) is 18.5 Å². The first kappa shape index (κ1) is 20.3. The minimum Gasteiger partial charge on any atom is -0.454 e. The largest absolute Gasteiger partial charge is 0.454 e. The van der Waals surface area contributed by atoms with Gasteiger partial charge in [-0.3, -0.25) is 19.3 Å². The number of anilines is 1. The fraction of sp³-hybridized carbons (Fsp3) is 0.450. The summed E-state index contributed by atoms with van der Waals surface area (Å²) < 4.78 is 4.90. The molecule has 2 N–H and O–H groups in total. The summed E-state index contributed by atoms with van der Waals surface area (Å²) in [6.07, 6.45) is 3.23. The van der Waals surface area contributed by atoms with Crippen LogP contribution in [0.15, 0.2) is 24.3 Å². The molecular weight excluding hydrogens is 376 g/mol. The van der Waals surface area contributed by atoms with E-state index in [-0.39, 0.29) is 5.92 Å². The van der Waals surface area contributed by atoms with Gasteiger partial charge in [0.25, 0.3) is 11.8 Å². The van der Waals surface area contributed by atoms with Gasteiger partial charge < -0.3 is 15.4 Å². The predicted octanol–water partition coefficient (Wildman–Crippen LogP) is 1.54. The number of nitrogens with zero attached hydrogens (tertiary/aromatic N) is 2. The van der Waals surface area contributed by atoms with E-state index in [0.29, 0.717) is 17.7 Å². The second-order valence-electron chi connectivity index (χ2n) is 7.34. The van der Waals surface area contributed by atoms with Gasteiger partial charge in [0.2, 0.25) is 0 Å². The monoisotopic (exact) mass is 398 g/mol. The van der Waals surface area contributed by atoms with Gasteiger partial charge in [-0.1, -0.05) is 19.8 Å². The number of benzene rings is 1. The number of ether oxygens (including phenoxy) is 1. The first-order chi connectivity index (χ1) is 13.9. The summed E-state index contributed by atoms with van der Waals surface area (Å²) in [5, 5.41) is 14.0. The van der Waals surface area contributed by atoms with Crippen molar-refractivity contribution in [3.05, 3.63) is 29.8 Å². The van der Waals surface area contributed by atoms with Crippen molar-refractivity contribution in [2.45, 2.75) is 38.1 Å². The van der Waals surface area contributed by atoms with Crippen molar-refractivity contribution >= 4 is 29.5 Å². The lowest BCUT2D eigenvalue weighted by molar-refractivity contribution is -0.150. The number of carbonyl (C=O) groups is 4. The van der Waals surface area contributed by atoms with Gasteiger partial charge in [0, 0.05) is 5.69 Å². The zero-order valence-electron chi connectivity index (χ0n) is 16.1. The number of nitriles is 1. The lowest BCUT2D eigenvalue weighted by Gasteiger charge is -2.36. The topological polar surface area (TPSA) is 129 Å². The van der Waals surface area contributed by atoms with E-state index in [2.05, 4.69) is 10.6 Å². The summed E-state index contributed by atoms with van der Waals surface area (Å²) in [6, 6.07) is 7.55. The Morgan fingerprint density at radius 1 is 1.31 bits per heavy atom. The molecule has 2 fully saturated rings. The molecule has 2 aliphatic rings. The quantitative estimate of drug-likeness (QED) is 0.572. The Hall–Kier alpha value is -3.41. The van der Waals surface area contributed by atoms with Gasteiger partial charge >= 0.3 is 12.0 Å². The van der Waals surface area contributed by atoms with Crippen LogP contribution in [0.5, 0.6) is 0 Å². The number of urea groups is 1. The molecule has 1 aromatic rings. The van der Waals surface area contributed by atoms with E-state index >= 15 is 0 Å². The molecule has 0 unspecified atom stereocenters. The Bertz CT molecular complexity index is 876. The minimum absolute atomic E-state index is 0.00748. The summed E-state index contributed by atoms with van der Waals surface area (Å²) in [6.45, 7) is 0.833. The van der Waals surface area contributed by atoms with E-state index in [1.807, 2.05) is 13.0 Å². The zero-order chi connectivity index (χ0) is 21.0. The summed E-state index contributed by atoms with van der Waals surface area (Å²) >= 11 is 0. The third-order valence-corrected chi connectivity index (χ3v) is 5.45. The molecule has 1 aliphatic heterocycles. The fourth-order valence-electron chi connectivity index (χ4n) is 3.78. The molecule has 0 bridgehead atoms. The van der Waals surface area contributed by atoms with Crippen molar-refractivity contribution < 1.29 is 23.9 Å². The van der Waals surface area contributed by atoms with Crippen LogP contribution < -0.4 is 10.6 Å². The van der Waals surface area contributed by atoms with Crippen LogP contribution in [0.2, 0.25) is 0 Å². The van der Waals surface area contributed by atoms with Crippen molar-refractivity contribution in [3.8, 4) is 6.07 Å². The molecule has 3 rings (SSSR count). The number of hydrogen-bond donors (Lipinski definition) is 2. The highest BCUT2D eigenvalue weighted by molar-refractivity contribution is 6.09. The van der Waals surface area contributed by atoms with Crippen molar-refractivity contribution in [1.82, 2.24) is 10.2 Å². The van der Waals surface area contributed by atoms with Gasteiger partial charge in [0.1, 0.15) is 12.1 Å². The normalized spacial score (nSPS) is 23.4. The van der Waals surface area contributed by atoms with Crippen molar-refractivity contribution in [1.29, 1.82) is 5.26 Å². The Morgan fingerprint density at radius 2 is 2.03 bits per heavy atom.